The van der Waals surface area contributed by atoms with Crippen LogP contribution < -0.4 is 19.5 Å². The second-order valence-electron chi connectivity index (χ2n) is 5.44. The van der Waals surface area contributed by atoms with Crippen LogP contribution in [0.3, 0.4) is 0 Å². The van der Waals surface area contributed by atoms with Gasteiger partial charge in [0.05, 0.1) is 24.8 Å². The summed E-state index contributed by atoms with van der Waals surface area (Å²) in [5.74, 6) is -0.306. The molecule has 10 heteroatoms. The molecule has 1 N–H and O–H groups in total. The van der Waals surface area contributed by atoms with Crippen molar-refractivity contribution in [2.75, 3.05) is 19.5 Å². The Kier molecular flexibility index (Phi) is 4.32. The first-order chi connectivity index (χ1) is 13.1. The van der Waals surface area contributed by atoms with E-state index >= 15 is 0 Å². The van der Waals surface area contributed by atoms with Crippen LogP contribution >= 0.6 is 11.3 Å². The Morgan fingerprint density at radius 2 is 2.00 bits per heavy atom. The molecule has 0 saturated carbocycles. The van der Waals surface area contributed by atoms with Crippen molar-refractivity contribution in [2.45, 2.75) is 6.61 Å². The summed E-state index contributed by atoms with van der Waals surface area (Å²) >= 11 is 1.27. The number of rotatable bonds is 4. The standard InChI is InChI=1S/C17H13FN4O4S/c1-24-15-12(16(25-2)20-7-19-15)14(23)22-17-21-13-9-4-3-8(18)5-10(9)26-6-11(13)27-17/h3-5,7H,6H2,1-2H3,(H,21,22,23). The highest BCUT2D eigenvalue weighted by Crippen LogP contribution is 2.41. The van der Waals surface area contributed by atoms with E-state index in [0.29, 0.717) is 22.1 Å². The van der Waals surface area contributed by atoms with E-state index < -0.39 is 5.91 Å². The van der Waals surface area contributed by atoms with Gasteiger partial charge in [-0.15, -0.1) is 0 Å². The van der Waals surface area contributed by atoms with Crippen molar-refractivity contribution in [3.63, 3.8) is 0 Å². The van der Waals surface area contributed by atoms with Crippen LogP contribution in [0.4, 0.5) is 9.52 Å². The van der Waals surface area contributed by atoms with Crippen molar-refractivity contribution < 1.29 is 23.4 Å². The van der Waals surface area contributed by atoms with Crippen molar-refractivity contribution in [2.24, 2.45) is 0 Å². The molecule has 0 aliphatic carbocycles. The van der Waals surface area contributed by atoms with Gasteiger partial charge in [-0.1, -0.05) is 11.3 Å². The van der Waals surface area contributed by atoms with Crippen molar-refractivity contribution >= 4 is 22.4 Å². The van der Waals surface area contributed by atoms with Gasteiger partial charge in [-0.05, 0) is 12.1 Å². The molecule has 0 fully saturated rings. The summed E-state index contributed by atoms with van der Waals surface area (Å²) in [6, 6.07) is 4.25. The number of carbonyl (C=O) groups is 1. The number of carbonyl (C=O) groups excluding carboxylic acids is 1. The topological polar surface area (TPSA) is 95.5 Å². The lowest BCUT2D eigenvalue weighted by Crippen LogP contribution is -2.16. The molecule has 3 aromatic rings. The Morgan fingerprint density at radius 1 is 1.26 bits per heavy atom. The maximum absolute atomic E-state index is 13.4. The van der Waals surface area contributed by atoms with E-state index in [1.165, 1.54) is 44.0 Å². The number of ether oxygens (including phenoxy) is 3. The second-order valence-corrected chi connectivity index (χ2v) is 6.52. The zero-order chi connectivity index (χ0) is 19.0. The minimum absolute atomic E-state index is 0.0643. The normalized spacial score (nSPS) is 11.8. The number of halogens is 1. The molecule has 0 spiro atoms. The number of methoxy groups -OCH3 is 2. The van der Waals surface area contributed by atoms with Crippen LogP contribution in [0.1, 0.15) is 15.2 Å². The van der Waals surface area contributed by atoms with Gasteiger partial charge in [0.25, 0.3) is 5.91 Å². The fraction of sp³-hybridized carbons (Fsp3) is 0.176. The van der Waals surface area contributed by atoms with E-state index in [9.17, 15) is 9.18 Å². The number of fused-ring (bicyclic) bond motifs is 3. The van der Waals surface area contributed by atoms with Gasteiger partial charge in [0.1, 0.15) is 24.5 Å². The molecule has 3 heterocycles. The van der Waals surface area contributed by atoms with E-state index in [0.717, 1.165) is 4.88 Å². The molecule has 1 aliphatic heterocycles. The Hall–Kier alpha value is -3.27. The summed E-state index contributed by atoms with van der Waals surface area (Å²) in [7, 11) is 2.79. The van der Waals surface area contributed by atoms with Crippen LogP contribution in [0.15, 0.2) is 24.5 Å². The monoisotopic (exact) mass is 388 g/mol. The number of nitrogens with zero attached hydrogens (tertiary/aromatic N) is 3. The fourth-order valence-corrected chi connectivity index (χ4v) is 3.57. The highest BCUT2D eigenvalue weighted by Gasteiger charge is 2.26. The number of amides is 1. The fourth-order valence-electron chi connectivity index (χ4n) is 2.69. The number of hydrogen-bond donors (Lipinski definition) is 1. The maximum Gasteiger partial charge on any atom is 0.268 e. The quantitative estimate of drug-likeness (QED) is 0.734. The molecular formula is C17H13FN4O4S. The van der Waals surface area contributed by atoms with E-state index in [1.807, 2.05) is 0 Å². The first kappa shape index (κ1) is 17.2. The van der Waals surface area contributed by atoms with Gasteiger partial charge in [0.2, 0.25) is 11.8 Å². The summed E-state index contributed by atoms with van der Waals surface area (Å²) in [5.41, 5.74) is 1.39. The van der Waals surface area contributed by atoms with Gasteiger partial charge in [0.15, 0.2) is 10.7 Å². The average Bonchev–Trinajstić information content (AvgIpc) is 3.09. The SMILES string of the molecule is COc1ncnc(OC)c1C(=O)Nc1nc2c(s1)COc1cc(F)ccc1-2. The van der Waals surface area contributed by atoms with Crippen molar-refractivity contribution in [1.82, 2.24) is 15.0 Å². The zero-order valence-corrected chi connectivity index (χ0v) is 15.1. The predicted octanol–water partition coefficient (Wildman–Crippen LogP) is 2.90. The lowest BCUT2D eigenvalue weighted by atomic mass is 10.1. The van der Waals surface area contributed by atoms with Crippen LogP contribution in [0.25, 0.3) is 11.3 Å². The van der Waals surface area contributed by atoms with E-state index in [2.05, 4.69) is 20.3 Å². The van der Waals surface area contributed by atoms with Crippen LogP contribution in [-0.2, 0) is 6.61 Å². The second kappa shape index (κ2) is 6.80. The van der Waals surface area contributed by atoms with Gasteiger partial charge in [0, 0.05) is 11.6 Å². The van der Waals surface area contributed by atoms with E-state index in [1.54, 1.807) is 6.07 Å². The summed E-state index contributed by atoms with van der Waals surface area (Å²) < 4.78 is 29.2. The third kappa shape index (κ3) is 3.04. The van der Waals surface area contributed by atoms with Gasteiger partial charge in [-0.25, -0.2) is 19.3 Å². The Labute approximate surface area is 157 Å². The van der Waals surface area contributed by atoms with Crippen LogP contribution in [-0.4, -0.2) is 35.1 Å². The van der Waals surface area contributed by atoms with Gasteiger partial charge in [-0.2, -0.15) is 0 Å². The van der Waals surface area contributed by atoms with Crippen molar-refractivity contribution in [3.8, 4) is 28.8 Å². The Bertz CT molecular complexity index is 1020. The largest absolute Gasteiger partial charge is 0.487 e. The molecule has 2 aromatic heterocycles. The molecule has 1 aromatic carbocycles. The number of aromatic nitrogens is 3. The molecular weight excluding hydrogens is 375 g/mol. The van der Waals surface area contributed by atoms with Crippen LogP contribution in [0.2, 0.25) is 0 Å². The maximum atomic E-state index is 13.4. The lowest BCUT2D eigenvalue weighted by molar-refractivity contribution is 0.101. The highest BCUT2D eigenvalue weighted by molar-refractivity contribution is 7.16. The number of benzene rings is 1. The minimum atomic E-state index is -0.518. The molecule has 138 valence electrons. The van der Waals surface area contributed by atoms with Crippen LogP contribution in [0.5, 0.6) is 17.5 Å². The lowest BCUT2D eigenvalue weighted by Gasteiger charge is -2.15. The van der Waals surface area contributed by atoms with E-state index in [4.69, 9.17) is 14.2 Å². The number of nitrogens with one attached hydrogen (secondary N) is 1. The van der Waals surface area contributed by atoms with Gasteiger partial charge < -0.3 is 14.2 Å². The molecule has 0 saturated heterocycles. The van der Waals surface area contributed by atoms with Gasteiger partial charge in [-0.3, -0.25) is 10.1 Å². The third-order valence-corrected chi connectivity index (χ3v) is 4.81. The molecule has 0 bridgehead atoms. The summed E-state index contributed by atoms with van der Waals surface area (Å²) in [6.07, 6.45) is 1.24. The first-order valence-corrected chi connectivity index (χ1v) is 8.59. The number of anilines is 1. The summed E-state index contributed by atoms with van der Waals surface area (Å²) in [6.45, 7) is 0.250. The third-order valence-electron chi connectivity index (χ3n) is 3.87. The van der Waals surface area contributed by atoms with Gasteiger partial charge >= 0.3 is 0 Å². The highest BCUT2D eigenvalue weighted by atomic mass is 32.1. The van der Waals surface area contributed by atoms with Crippen LogP contribution in [0, 0.1) is 5.82 Å². The smallest absolute Gasteiger partial charge is 0.268 e. The molecule has 1 amide bonds. The molecule has 0 atom stereocenters. The summed E-state index contributed by atoms with van der Waals surface area (Å²) in [4.78, 5) is 25.8. The zero-order valence-electron chi connectivity index (χ0n) is 14.3. The molecule has 1 aliphatic rings. The molecule has 0 unspecified atom stereocenters. The minimum Gasteiger partial charge on any atom is -0.487 e. The molecule has 27 heavy (non-hydrogen) atoms. The van der Waals surface area contributed by atoms with Crippen molar-refractivity contribution in [3.05, 3.63) is 40.8 Å². The number of hydrogen-bond acceptors (Lipinski definition) is 8. The Morgan fingerprint density at radius 3 is 2.70 bits per heavy atom. The number of thiazole rings is 1. The first-order valence-electron chi connectivity index (χ1n) is 7.77. The molecule has 8 nitrogen and oxygen atoms in total. The van der Waals surface area contributed by atoms with Crippen molar-refractivity contribution in [1.29, 1.82) is 0 Å². The average molecular weight is 388 g/mol. The molecule has 0 radical (unpaired) electrons. The van der Waals surface area contributed by atoms with E-state index in [-0.39, 0.29) is 29.7 Å². The predicted molar refractivity (Wildman–Crippen MR) is 94.9 cm³/mol. The molecule has 4 rings (SSSR count). The summed E-state index contributed by atoms with van der Waals surface area (Å²) in [5, 5.41) is 3.07. The Balaban J connectivity index is 1.66.